The number of carboxylic acids is 1. The number of hydrogen-bond donors (Lipinski definition) is 7. The smallest absolute Gasteiger partial charge is 0.362 e. The van der Waals surface area contributed by atoms with E-state index in [-0.39, 0.29) is 11.0 Å². The molecule has 10 nitrogen and oxygen atoms in total. The lowest BCUT2D eigenvalue weighted by atomic mass is 10.0. The van der Waals surface area contributed by atoms with E-state index in [1.54, 1.807) is 21.1 Å². The van der Waals surface area contributed by atoms with Crippen molar-refractivity contribution < 1.29 is 44.7 Å². The number of carbonyl (C=O) groups is 2. The summed E-state index contributed by atoms with van der Waals surface area (Å²) in [6.07, 6.45) is -6.90. The fraction of sp³-hybridized carbons (Fsp3) is 0.857. The van der Waals surface area contributed by atoms with Crippen molar-refractivity contribution in [3.05, 3.63) is 0 Å². The predicted molar refractivity (Wildman–Crippen MR) is 82.8 cm³/mol. The van der Waals surface area contributed by atoms with E-state index in [0.29, 0.717) is 12.8 Å². The van der Waals surface area contributed by atoms with Crippen LogP contribution in [0.4, 0.5) is 0 Å². The van der Waals surface area contributed by atoms with E-state index in [1.165, 1.54) is 0 Å². The Hall–Kier alpha value is -1.30. The second-order valence-corrected chi connectivity index (χ2v) is 6.58. The highest BCUT2D eigenvalue weighted by Gasteiger charge is 2.34. The fourth-order valence-corrected chi connectivity index (χ4v) is 2.13. The van der Waals surface area contributed by atoms with Crippen molar-refractivity contribution in [3.8, 4) is 0 Å². The van der Waals surface area contributed by atoms with Crippen LogP contribution in [0.2, 0.25) is 0 Å². The topological polar surface area (TPSA) is 168 Å². The summed E-state index contributed by atoms with van der Waals surface area (Å²) in [5.41, 5.74) is 0. The lowest BCUT2D eigenvalue weighted by Crippen LogP contribution is -2.52. The maximum atomic E-state index is 11.7. The monoisotopic (exact) mass is 353 g/mol. The summed E-state index contributed by atoms with van der Waals surface area (Å²) in [6.45, 7) is -0.765. The van der Waals surface area contributed by atoms with Crippen molar-refractivity contribution >= 4 is 11.9 Å². The molecule has 0 fully saturated rings. The number of rotatable bonds is 11. The molecule has 24 heavy (non-hydrogen) atoms. The average Bonchev–Trinajstić information content (AvgIpc) is 2.49. The standard InChI is InChI=1S/C14H28N2O8/c1-16(2,3)8(14(23)24)5-4-6-15-13(22)12(21)11(20)10(19)9(18)7-17/h8-12,17-21H,4-7H2,1-3H3,(H-,15,22,23,24)/p+1/t8?,9-,10-,11+,12-/m1/s1. The van der Waals surface area contributed by atoms with Crippen LogP contribution in [0.1, 0.15) is 12.8 Å². The molecule has 5 atom stereocenters. The van der Waals surface area contributed by atoms with Crippen LogP contribution in [0.5, 0.6) is 0 Å². The molecule has 0 aliphatic heterocycles. The van der Waals surface area contributed by atoms with E-state index in [4.69, 9.17) is 10.2 Å². The maximum Gasteiger partial charge on any atom is 0.362 e. The van der Waals surface area contributed by atoms with Crippen LogP contribution in [-0.4, -0.2) is 112 Å². The molecule has 0 aliphatic rings. The molecule has 0 aromatic carbocycles. The molecule has 0 radical (unpaired) electrons. The Morgan fingerprint density at radius 1 is 1.04 bits per heavy atom. The van der Waals surface area contributed by atoms with Gasteiger partial charge in [0.1, 0.15) is 18.3 Å². The quantitative estimate of drug-likeness (QED) is 0.148. The number of amides is 1. The van der Waals surface area contributed by atoms with Crippen LogP contribution in [-0.2, 0) is 9.59 Å². The number of quaternary nitrogens is 1. The lowest BCUT2D eigenvalue weighted by Gasteiger charge is -2.31. The largest absolute Gasteiger partial charge is 0.477 e. The first-order chi connectivity index (χ1) is 10.9. The second kappa shape index (κ2) is 9.87. The SMILES string of the molecule is C[N+](C)(C)C(CCCNC(=O)[C@H](O)[C@@H](O)[C@H](O)[C@H](O)CO)C(=O)O. The molecule has 0 spiro atoms. The van der Waals surface area contributed by atoms with Crippen LogP contribution in [0.3, 0.4) is 0 Å². The Morgan fingerprint density at radius 3 is 2.00 bits per heavy atom. The molecule has 0 heterocycles. The van der Waals surface area contributed by atoms with Crippen molar-refractivity contribution in [3.63, 3.8) is 0 Å². The van der Waals surface area contributed by atoms with E-state index in [2.05, 4.69) is 5.32 Å². The van der Waals surface area contributed by atoms with Crippen molar-refractivity contribution in [1.82, 2.24) is 5.32 Å². The van der Waals surface area contributed by atoms with Gasteiger partial charge < -0.3 is 40.4 Å². The van der Waals surface area contributed by atoms with Gasteiger partial charge in [0.25, 0.3) is 5.91 Å². The highest BCUT2D eigenvalue weighted by atomic mass is 16.4. The van der Waals surface area contributed by atoms with Crippen LogP contribution < -0.4 is 5.32 Å². The third-order valence-electron chi connectivity index (χ3n) is 3.70. The van der Waals surface area contributed by atoms with Crippen molar-refractivity contribution in [2.45, 2.75) is 43.3 Å². The number of carbonyl (C=O) groups excluding carboxylic acids is 1. The molecular weight excluding hydrogens is 324 g/mol. The van der Waals surface area contributed by atoms with Gasteiger partial charge in [-0.25, -0.2) is 4.79 Å². The van der Waals surface area contributed by atoms with Gasteiger partial charge in [-0.05, 0) is 6.42 Å². The van der Waals surface area contributed by atoms with Crippen LogP contribution >= 0.6 is 0 Å². The summed E-state index contributed by atoms with van der Waals surface area (Å²) in [4.78, 5) is 22.9. The van der Waals surface area contributed by atoms with Gasteiger partial charge in [-0.3, -0.25) is 4.79 Å². The molecular formula is C14H29N2O8+. The minimum absolute atomic E-state index is 0.0744. The zero-order valence-electron chi connectivity index (χ0n) is 14.2. The predicted octanol–water partition coefficient (Wildman–Crippen LogP) is -3.52. The lowest BCUT2D eigenvalue weighted by molar-refractivity contribution is -0.887. The second-order valence-electron chi connectivity index (χ2n) is 6.58. The highest BCUT2D eigenvalue weighted by Crippen LogP contribution is 2.10. The van der Waals surface area contributed by atoms with Crippen molar-refractivity contribution in [2.75, 3.05) is 34.3 Å². The minimum Gasteiger partial charge on any atom is -0.477 e. The molecule has 0 aromatic rings. The average molecular weight is 353 g/mol. The number of aliphatic hydroxyl groups excluding tert-OH is 5. The zero-order chi connectivity index (χ0) is 19.1. The molecule has 0 saturated carbocycles. The molecule has 7 N–H and O–H groups in total. The molecule has 0 aromatic heterocycles. The number of nitrogens with zero attached hydrogens (tertiary/aromatic N) is 1. The van der Waals surface area contributed by atoms with Gasteiger partial charge in [0.2, 0.25) is 0 Å². The number of nitrogens with one attached hydrogen (secondary N) is 1. The molecule has 1 amide bonds. The maximum absolute atomic E-state index is 11.7. The molecule has 0 saturated heterocycles. The molecule has 0 rings (SSSR count). The summed E-state index contributed by atoms with van der Waals surface area (Å²) >= 11 is 0. The molecule has 1 unspecified atom stereocenters. The summed E-state index contributed by atoms with van der Waals surface area (Å²) in [7, 11) is 5.22. The summed E-state index contributed by atoms with van der Waals surface area (Å²) < 4.78 is 0.218. The zero-order valence-corrected chi connectivity index (χ0v) is 14.2. The summed E-state index contributed by atoms with van der Waals surface area (Å²) in [6, 6.07) is -0.654. The summed E-state index contributed by atoms with van der Waals surface area (Å²) in [5.74, 6) is -1.92. The van der Waals surface area contributed by atoms with Crippen LogP contribution in [0, 0.1) is 0 Å². The summed E-state index contributed by atoms with van der Waals surface area (Å²) in [5, 5.41) is 57.9. The Bertz CT molecular complexity index is 412. The Morgan fingerprint density at radius 2 is 1.58 bits per heavy atom. The van der Waals surface area contributed by atoms with Crippen molar-refractivity contribution in [2.24, 2.45) is 0 Å². The number of aliphatic carboxylic acids is 1. The first-order valence-electron chi connectivity index (χ1n) is 7.58. The van der Waals surface area contributed by atoms with Gasteiger partial charge in [-0.1, -0.05) is 0 Å². The number of hydrogen-bond acceptors (Lipinski definition) is 7. The number of aliphatic hydroxyl groups is 5. The third kappa shape index (κ3) is 7.07. The molecule has 0 aliphatic carbocycles. The Balaban J connectivity index is 4.37. The van der Waals surface area contributed by atoms with E-state index >= 15 is 0 Å². The van der Waals surface area contributed by atoms with Crippen LogP contribution in [0.25, 0.3) is 0 Å². The third-order valence-corrected chi connectivity index (χ3v) is 3.70. The van der Waals surface area contributed by atoms with Gasteiger partial charge in [-0.15, -0.1) is 0 Å². The Kier molecular flexibility index (Phi) is 9.33. The minimum atomic E-state index is -1.99. The molecule has 0 bridgehead atoms. The van der Waals surface area contributed by atoms with Crippen molar-refractivity contribution in [1.29, 1.82) is 0 Å². The first kappa shape index (κ1) is 22.7. The van der Waals surface area contributed by atoms with Crippen LogP contribution in [0.15, 0.2) is 0 Å². The number of likely N-dealkylation sites (N-methyl/N-ethyl adjacent to an activating group) is 1. The van der Waals surface area contributed by atoms with Gasteiger partial charge >= 0.3 is 5.97 Å². The molecule has 10 heteroatoms. The Labute approximate surface area is 140 Å². The highest BCUT2D eigenvalue weighted by molar-refractivity contribution is 5.81. The van der Waals surface area contributed by atoms with E-state index in [0.717, 1.165) is 0 Å². The van der Waals surface area contributed by atoms with Gasteiger partial charge in [-0.2, -0.15) is 0 Å². The van der Waals surface area contributed by atoms with E-state index in [9.17, 15) is 30.0 Å². The van der Waals surface area contributed by atoms with E-state index < -0.39 is 48.9 Å². The molecule has 142 valence electrons. The fourth-order valence-electron chi connectivity index (χ4n) is 2.13. The normalized spacial score (nSPS) is 18.3. The number of carboxylic acid groups (broad SMARTS) is 1. The van der Waals surface area contributed by atoms with Gasteiger partial charge in [0, 0.05) is 13.0 Å². The van der Waals surface area contributed by atoms with Gasteiger partial charge in [0.15, 0.2) is 12.1 Å². The van der Waals surface area contributed by atoms with Gasteiger partial charge in [0.05, 0.1) is 27.7 Å². The first-order valence-corrected chi connectivity index (χ1v) is 7.58. The van der Waals surface area contributed by atoms with E-state index in [1.807, 2.05) is 0 Å².